The number of hydrogen-bond acceptors (Lipinski definition) is 6. The van der Waals surface area contributed by atoms with Crippen molar-refractivity contribution in [2.24, 2.45) is 0 Å². The molecule has 138 valence electrons. The van der Waals surface area contributed by atoms with Crippen LogP contribution in [-0.4, -0.2) is 67.9 Å². The highest BCUT2D eigenvalue weighted by Gasteiger charge is 2.34. The van der Waals surface area contributed by atoms with Gasteiger partial charge in [0.1, 0.15) is 17.7 Å². The SMILES string of the molecule is Cc1nnnn1[C@@H](Cc1ccc(F)cc1)C(=O)N1CCO[C@H](C(=O)O)C1. The number of carboxylic acid groups (broad SMARTS) is 1. The van der Waals surface area contributed by atoms with E-state index in [2.05, 4.69) is 15.5 Å². The molecule has 26 heavy (non-hydrogen) atoms. The lowest BCUT2D eigenvalue weighted by atomic mass is 10.0. The maximum Gasteiger partial charge on any atom is 0.334 e. The Morgan fingerprint density at radius 3 is 2.73 bits per heavy atom. The summed E-state index contributed by atoms with van der Waals surface area (Å²) in [5.74, 6) is -1.34. The Balaban J connectivity index is 1.85. The lowest BCUT2D eigenvalue weighted by Gasteiger charge is -2.33. The fourth-order valence-corrected chi connectivity index (χ4v) is 2.86. The summed E-state index contributed by atoms with van der Waals surface area (Å²) in [5, 5.41) is 20.4. The molecule has 1 saturated heterocycles. The second kappa shape index (κ2) is 7.56. The Hall–Kier alpha value is -2.88. The molecule has 10 heteroatoms. The first kappa shape index (κ1) is 17.9. The fraction of sp³-hybridized carbons (Fsp3) is 0.438. The van der Waals surface area contributed by atoms with Crippen molar-refractivity contribution in [3.63, 3.8) is 0 Å². The zero-order chi connectivity index (χ0) is 18.7. The molecule has 2 aromatic rings. The van der Waals surface area contributed by atoms with Gasteiger partial charge in [0.05, 0.1) is 13.2 Å². The number of aliphatic carboxylic acids is 1. The molecule has 0 saturated carbocycles. The predicted octanol–water partition coefficient (Wildman–Crippen LogP) is 0.216. The number of carbonyl (C=O) groups is 2. The van der Waals surface area contributed by atoms with Crippen LogP contribution in [0.4, 0.5) is 4.39 Å². The summed E-state index contributed by atoms with van der Waals surface area (Å²) < 4.78 is 19.7. The van der Waals surface area contributed by atoms with Crippen molar-refractivity contribution >= 4 is 11.9 Å². The van der Waals surface area contributed by atoms with E-state index < -0.39 is 18.1 Å². The molecule has 1 aliphatic rings. The van der Waals surface area contributed by atoms with Crippen LogP contribution in [0.3, 0.4) is 0 Å². The molecule has 2 heterocycles. The van der Waals surface area contributed by atoms with Crippen molar-refractivity contribution in [1.82, 2.24) is 25.1 Å². The number of aromatic nitrogens is 4. The van der Waals surface area contributed by atoms with Crippen LogP contribution in [0.15, 0.2) is 24.3 Å². The average molecular weight is 363 g/mol. The molecule has 3 rings (SSSR count). The quantitative estimate of drug-likeness (QED) is 0.809. The van der Waals surface area contributed by atoms with Crippen molar-refractivity contribution in [3.05, 3.63) is 41.5 Å². The topological polar surface area (TPSA) is 110 Å². The van der Waals surface area contributed by atoms with Crippen molar-refractivity contribution in [2.45, 2.75) is 25.5 Å². The van der Waals surface area contributed by atoms with Gasteiger partial charge < -0.3 is 14.7 Å². The van der Waals surface area contributed by atoms with Crippen LogP contribution in [0.2, 0.25) is 0 Å². The van der Waals surface area contributed by atoms with Gasteiger partial charge in [-0.2, -0.15) is 0 Å². The van der Waals surface area contributed by atoms with Gasteiger partial charge in [-0.3, -0.25) is 4.79 Å². The third-order valence-corrected chi connectivity index (χ3v) is 4.23. The van der Waals surface area contributed by atoms with Gasteiger partial charge >= 0.3 is 5.97 Å². The summed E-state index contributed by atoms with van der Waals surface area (Å²) in [6.45, 7) is 2.05. The molecule has 0 unspecified atom stereocenters. The van der Waals surface area contributed by atoms with Gasteiger partial charge in [0, 0.05) is 13.0 Å². The molecule has 1 aromatic heterocycles. The number of benzene rings is 1. The molecule has 1 fully saturated rings. The number of carboxylic acids is 1. The molecule has 0 bridgehead atoms. The van der Waals surface area contributed by atoms with Crippen LogP contribution in [0.5, 0.6) is 0 Å². The van der Waals surface area contributed by atoms with Gasteiger partial charge in [-0.25, -0.2) is 13.9 Å². The molecule has 0 aliphatic carbocycles. The maximum absolute atomic E-state index is 13.1. The standard InChI is InChI=1S/C16H18FN5O4/c1-10-18-19-20-22(10)13(8-11-2-4-12(17)5-3-11)15(23)21-6-7-26-14(9-21)16(24)25/h2-5,13-14H,6-9H2,1H3,(H,24,25)/t13-,14-/m0/s1. The Labute approximate surface area is 148 Å². The minimum absolute atomic E-state index is 0.0464. The van der Waals surface area contributed by atoms with Gasteiger partial charge in [0.15, 0.2) is 6.10 Å². The zero-order valence-electron chi connectivity index (χ0n) is 14.1. The van der Waals surface area contributed by atoms with Crippen molar-refractivity contribution in [2.75, 3.05) is 19.7 Å². The highest BCUT2D eigenvalue weighted by Crippen LogP contribution is 2.20. The van der Waals surface area contributed by atoms with E-state index in [-0.39, 0.29) is 37.8 Å². The van der Waals surface area contributed by atoms with Crippen LogP contribution >= 0.6 is 0 Å². The highest BCUT2D eigenvalue weighted by molar-refractivity contribution is 5.82. The zero-order valence-corrected chi connectivity index (χ0v) is 14.1. The number of hydrogen-bond donors (Lipinski definition) is 1. The number of morpholine rings is 1. The van der Waals surface area contributed by atoms with E-state index in [4.69, 9.17) is 9.84 Å². The summed E-state index contributed by atoms with van der Waals surface area (Å²) in [7, 11) is 0. The molecule has 1 aliphatic heterocycles. The molecular formula is C16H18FN5O4. The predicted molar refractivity (Wildman–Crippen MR) is 85.7 cm³/mol. The van der Waals surface area contributed by atoms with Crippen LogP contribution in [0.25, 0.3) is 0 Å². The highest BCUT2D eigenvalue weighted by atomic mass is 19.1. The van der Waals surface area contributed by atoms with Crippen molar-refractivity contribution in [3.8, 4) is 0 Å². The normalized spacial score (nSPS) is 18.5. The number of amides is 1. The van der Waals surface area contributed by atoms with Crippen LogP contribution in [0.1, 0.15) is 17.4 Å². The Morgan fingerprint density at radius 2 is 2.12 bits per heavy atom. The lowest BCUT2D eigenvalue weighted by molar-refractivity contribution is -0.160. The third-order valence-electron chi connectivity index (χ3n) is 4.23. The largest absolute Gasteiger partial charge is 0.479 e. The van der Waals surface area contributed by atoms with Crippen molar-refractivity contribution < 1.29 is 23.8 Å². The molecular weight excluding hydrogens is 345 g/mol. The summed E-state index contributed by atoms with van der Waals surface area (Å²) in [6, 6.07) is 5.06. The van der Waals surface area contributed by atoms with Crippen LogP contribution in [0, 0.1) is 12.7 Å². The molecule has 2 atom stereocenters. The number of halogens is 1. The minimum atomic E-state index is -1.11. The average Bonchev–Trinajstić information content (AvgIpc) is 3.06. The maximum atomic E-state index is 13.1. The molecule has 0 radical (unpaired) electrons. The number of nitrogens with zero attached hydrogens (tertiary/aromatic N) is 5. The first-order valence-corrected chi connectivity index (χ1v) is 8.08. The van der Waals surface area contributed by atoms with Gasteiger partial charge in [0.2, 0.25) is 5.91 Å². The van der Waals surface area contributed by atoms with E-state index in [0.717, 1.165) is 5.56 Å². The van der Waals surface area contributed by atoms with E-state index in [1.165, 1.54) is 21.7 Å². The molecule has 9 nitrogen and oxygen atoms in total. The van der Waals surface area contributed by atoms with E-state index in [1.54, 1.807) is 19.1 Å². The smallest absolute Gasteiger partial charge is 0.334 e. The second-order valence-electron chi connectivity index (χ2n) is 6.00. The van der Waals surface area contributed by atoms with Gasteiger partial charge in [0.25, 0.3) is 0 Å². The van der Waals surface area contributed by atoms with Crippen molar-refractivity contribution in [1.29, 1.82) is 0 Å². The van der Waals surface area contributed by atoms with E-state index in [0.29, 0.717) is 5.82 Å². The molecule has 1 aromatic carbocycles. The Bertz CT molecular complexity index is 794. The summed E-state index contributed by atoms with van der Waals surface area (Å²) in [4.78, 5) is 25.7. The summed E-state index contributed by atoms with van der Waals surface area (Å²) >= 11 is 0. The van der Waals surface area contributed by atoms with E-state index in [9.17, 15) is 14.0 Å². The van der Waals surface area contributed by atoms with Gasteiger partial charge in [-0.15, -0.1) is 5.10 Å². The molecule has 1 N–H and O–H groups in total. The van der Waals surface area contributed by atoms with Crippen LogP contribution in [-0.2, 0) is 20.7 Å². The fourth-order valence-electron chi connectivity index (χ4n) is 2.86. The molecule has 1 amide bonds. The third kappa shape index (κ3) is 3.85. The summed E-state index contributed by atoms with van der Waals surface area (Å²) in [6.07, 6.45) is -0.811. The number of ether oxygens (including phenoxy) is 1. The van der Waals surface area contributed by atoms with E-state index >= 15 is 0 Å². The minimum Gasteiger partial charge on any atom is -0.479 e. The number of carbonyl (C=O) groups excluding carboxylic acids is 1. The second-order valence-corrected chi connectivity index (χ2v) is 6.00. The number of rotatable bonds is 5. The van der Waals surface area contributed by atoms with E-state index in [1.807, 2.05) is 0 Å². The first-order valence-electron chi connectivity index (χ1n) is 8.08. The van der Waals surface area contributed by atoms with Gasteiger partial charge in [-0.1, -0.05) is 12.1 Å². The molecule has 0 spiro atoms. The Morgan fingerprint density at radius 1 is 1.38 bits per heavy atom. The number of tetrazole rings is 1. The van der Waals surface area contributed by atoms with Crippen LogP contribution < -0.4 is 0 Å². The first-order chi connectivity index (χ1) is 12.5. The Kier molecular flexibility index (Phi) is 5.21. The lowest BCUT2D eigenvalue weighted by Crippen LogP contribution is -2.51. The van der Waals surface area contributed by atoms with Gasteiger partial charge in [-0.05, 0) is 35.0 Å². The number of aryl methyl sites for hydroxylation is 1. The summed E-state index contributed by atoms with van der Waals surface area (Å²) in [5.41, 5.74) is 0.739. The monoisotopic (exact) mass is 363 g/mol.